The predicted octanol–water partition coefficient (Wildman–Crippen LogP) is 3.99. The molecular weight excluding hydrogens is 214 g/mol. The lowest BCUT2D eigenvalue weighted by molar-refractivity contribution is 0.741. The molecule has 1 aromatic carbocycles. The highest BCUT2D eigenvalue weighted by Crippen LogP contribution is 2.53. The predicted molar refractivity (Wildman–Crippen MR) is 68.5 cm³/mol. The van der Waals surface area contributed by atoms with Crippen molar-refractivity contribution in [3.05, 3.63) is 29.8 Å². The number of benzene rings is 1. The van der Waals surface area contributed by atoms with Crippen molar-refractivity contribution in [1.82, 2.24) is 0 Å². The molecule has 1 aliphatic carbocycles. The van der Waals surface area contributed by atoms with E-state index >= 15 is 0 Å². The lowest BCUT2D eigenvalue weighted by Gasteiger charge is -2.11. The Morgan fingerprint density at radius 3 is 2.44 bits per heavy atom. The van der Waals surface area contributed by atoms with Gasteiger partial charge in [-0.1, -0.05) is 32.9 Å². The number of hydrogen-bond donors (Lipinski definition) is 0. The van der Waals surface area contributed by atoms with Gasteiger partial charge in [-0.3, -0.25) is 0 Å². The fourth-order valence-corrected chi connectivity index (χ4v) is 2.90. The van der Waals surface area contributed by atoms with Gasteiger partial charge in [-0.15, -0.1) is 11.8 Å². The summed E-state index contributed by atoms with van der Waals surface area (Å²) in [5.74, 6) is 0.219. The molecule has 2 unspecified atom stereocenters. The molecule has 0 saturated heterocycles. The molecule has 1 fully saturated rings. The molecule has 0 amide bonds. The summed E-state index contributed by atoms with van der Waals surface area (Å²) in [6.45, 7) is 6.59. The van der Waals surface area contributed by atoms with Crippen LogP contribution in [0.3, 0.4) is 0 Å². The zero-order chi connectivity index (χ0) is 11.8. The summed E-state index contributed by atoms with van der Waals surface area (Å²) >= 11 is 1.88. The number of rotatable bonds is 3. The molecule has 84 valence electrons. The van der Waals surface area contributed by atoms with Crippen LogP contribution in [0.2, 0.25) is 0 Å². The third kappa shape index (κ3) is 2.10. The van der Waals surface area contributed by atoms with E-state index in [-0.39, 0.29) is 11.3 Å². The largest absolute Gasteiger partial charge is 0.198 e. The van der Waals surface area contributed by atoms with Crippen molar-refractivity contribution < 1.29 is 0 Å². The summed E-state index contributed by atoms with van der Waals surface area (Å²) < 4.78 is 0. The number of hydrogen-bond acceptors (Lipinski definition) is 2. The molecule has 16 heavy (non-hydrogen) atoms. The molecule has 1 aliphatic rings. The Hall–Kier alpha value is -0.940. The summed E-state index contributed by atoms with van der Waals surface area (Å²) in [7, 11) is 0. The minimum atomic E-state index is 0.121. The Labute approximate surface area is 102 Å². The summed E-state index contributed by atoms with van der Waals surface area (Å²) in [5, 5.41) is 9.54. The normalized spacial score (nSPS) is 27.8. The first-order valence-corrected chi connectivity index (χ1v) is 6.61. The molecular formula is C14H17NS. The van der Waals surface area contributed by atoms with Gasteiger partial charge in [-0.2, -0.15) is 5.26 Å². The maximum absolute atomic E-state index is 8.92. The summed E-state index contributed by atoms with van der Waals surface area (Å²) in [4.78, 5) is 1.32. The highest BCUT2D eigenvalue weighted by molar-refractivity contribution is 7.99. The van der Waals surface area contributed by atoms with Crippen molar-refractivity contribution >= 4 is 11.8 Å². The van der Waals surface area contributed by atoms with E-state index in [1.807, 2.05) is 11.8 Å². The summed E-state index contributed by atoms with van der Waals surface area (Å²) in [6.07, 6.45) is 1.01. The van der Waals surface area contributed by atoms with Gasteiger partial charge in [-0.25, -0.2) is 0 Å². The third-order valence-electron chi connectivity index (χ3n) is 3.28. The molecule has 0 spiro atoms. The van der Waals surface area contributed by atoms with Crippen LogP contribution in [0, 0.1) is 17.2 Å². The maximum atomic E-state index is 8.92. The minimum Gasteiger partial charge on any atom is -0.198 e. The molecule has 0 bridgehead atoms. The number of thioether (sulfide) groups is 1. The first kappa shape index (κ1) is 11.5. The molecule has 2 atom stereocenters. The molecule has 0 N–H and O–H groups in total. The molecule has 2 rings (SSSR count). The van der Waals surface area contributed by atoms with Crippen LogP contribution in [-0.4, -0.2) is 5.25 Å². The Kier molecular flexibility index (Phi) is 2.99. The highest BCUT2D eigenvalue weighted by atomic mass is 32.2. The third-order valence-corrected chi connectivity index (χ3v) is 4.29. The summed E-state index contributed by atoms with van der Waals surface area (Å²) in [5.41, 5.74) is 1.43. The maximum Gasteiger partial charge on any atom is 0.0665 e. The van der Waals surface area contributed by atoms with Gasteiger partial charge >= 0.3 is 0 Å². The zero-order valence-corrected chi connectivity index (χ0v) is 10.8. The van der Waals surface area contributed by atoms with Crippen molar-refractivity contribution in [1.29, 1.82) is 5.26 Å². The van der Waals surface area contributed by atoms with E-state index in [0.717, 1.165) is 6.42 Å². The first-order chi connectivity index (χ1) is 7.56. The second-order valence-electron chi connectivity index (χ2n) is 4.99. The van der Waals surface area contributed by atoms with E-state index in [1.165, 1.54) is 10.5 Å². The number of nitriles is 1. The van der Waals surface area contributed by atoms with Crippen LogP contribution in [0.25, 0.3) is 0 Å². The van der Waals surface area contributed by atoms with Crippen molar-refractivity contribution in [2.75, 3.05) is 0 Å². The average Bonchev–Trinajstić information content (AvgIpc) is 2.91. The van der Waals surface area contributed by atoms with Gasteiger partial charge in [0.1, 0.15) is 0 Å². The minimum absolute atomic E-state index is 0.121. The molecule has 1 aromatic rings. The Morgan fingerprint density at radius 2 is 2.00 bits per heavy atom. The van der Waals surface area contributed by atoms with Crippen LogP contribution in [0.1, 0.15) is 32.8 Å². The van der Waals surface area contributed by atoms with Crippen LogP contribution in [0.4, 0.5) is 0 Å². The van der Waals surface area contributed by atoms with E-state index in [9.17, 15) is 0 Å². The van der Waals surface area contributed by atoms with E-state index in [0.29, 0.717) is 5.25 Å². The Bertz CT molecular complexity index is 415. The van der Waals surface area contributed by atoms with Gasteiger partial charge in [0.05, 0.1) is 12.0 Å². The first-order valence-electron chi connectivity index (χ1n) is 5.73. The molecule has 0 radical (unpaired) electrons. The van der Waals surface area contributed by atoms with Gasteiger partial charge in [0.15, 0.2) is 0 Å². The zero-order valence-electron chi connectivity index (χ0n) is 10.0. The van der Waals surface area contributed by atoms with Gasteiger partial charge < -0.3 is 0 Å². The lowest BCUT2D eigenvalue weighted by atomic mass is 9.96. The van der Waals surface area contributed by atoms with Crippen molar-refractivity contribution in [3.8, 4) is 6.07 Å². The van der Waals surface area contributed by atoms with E-state index in [2.05, 4.69) is 51.1 Å². The fourth-order valence-electron chi connectivity index (χ4n) is 2.06. The van der Waals surface area contributed by atoms with Gasteiger partial charge in [0.25, 0.3) is 0 Å². The Balaban J connectivity index is 2.12. The Morgan fingerprint density at radius 1 is 1.38 bits per heavy atom. The quantitative estimate of drug-likeness (QED) is 0.734. The fraction of sp³-hybridized carbons (Fsp3) is 0.500. The van der Waals surface area contributed by atoms with Crippen LogP contribution in [0.5, 0.6) is 0 Å². The van der Waals surface area contributed by atoms with E-state index in [1.54, 1.807) is 0 Å². The molecule has 0 aliphatic heterocycles. The lowest BCUT2D eigenvalue weighted by Crippen LogP contribution is -2.03. The topological polar surface area (TPSA) is 23.8 Å². The standard InChI is InChI=1S/C14H17NS/c1-10(2)16-13-6-4-11(5-7-13)14(3)8-12(14)9-15/h4-7,10,12H,8H2,1-3H3. The molecule has 1 nitrogen and oxygen atoms in total. The molecule has 0 heterocycles. The summed E-state index contributed by atoms with van der Waals surface area (Å²) in [6, 6.07) is 11.1. The second kappa shape index (κ2) is 4.14. The average molecular weight is 231 g/mol. The highest BCUT2D eigenvalue weighted by Gasteiger charge is 2.51. The second-order valence-corrected chi connectivity index (χ2v) is 6.64. The van der Waals surface area contributed by atoms with Crippen molar-refractivity contribution in [2.24, 2.45) is 5.92 Å². The monoisotopic (exact) mass is 231 g/mol. The van der Waals surface area contributed by atoms with Gasteiger partial charge in [-0.05, 0) is 24.1 Å². The van der Waals surface area contributed by atoms with Gasteiger partial charge in [0, 0.05) is 15.6 Å². The molecule has 2 heteroatoms. The van der Waals surface area contributed by atoms with Crippen LogP contribution in [0.15, 0.2) is 29.2 Å². The van der Waals surface area contributed by atoms with Crippen LogP contribution >= 0.6 is 11.8 Å². The SMILES string of the molecule is CC(C)Sc1ccc(C2(C)CC2C#N)cc1. The van der Waals surface area contributed by atoms with Crippen LogP contribution in [-0.2, 0) is 5.41 Å². The van der Waals surface area contributed by atoms with Crippen molar-refractivity contribution in [3.63, 3.8) is 0 Å². The van der Waals surface area contributed by atoms with E-state index in [4.69, 9.17) is 5.26 Å². The number of nitrogens with zero attached hydrogens (tertiary/aromatic N) is 1. The molecule has 0 aromatic heterocycles. The van der Waals surface area contributed by atoms with Crippen LogP contribution < -0.4 is 0 Å². The van der Waals surface area contributed by atoms with Gasteiger partial charge in [0.2, 0.25) is 0 Å². The smallest absolute Gasteiger partial charge is 0.0665 e. The van der Waals surface area contributed by atoms with E-state index < -0.39 is 0 Å². The van der Waals surface area contributed by atoms with Crippen molar-refractivity contribution in [2.45, 2.75) is 42.8 Å². The molecule has 1 saturated carbocycles.